The molecule has 2 aromatic heterocycles. The minimum Gasteiger partial charge on any atom is -0.390 e. The van der Waals surface area contributed by atoms with E-state index in [1.165, 1.54) is 28.2 Å². The Labute approximate surface area is 182 Å². The summed E-state index contributed by atoms with van der Waals surface area (Å²) in [7, 11) is 2.10. The molecule has 0 saturated carbocycles. The third-order valence-corrected chi connectivity index (χ3v) is 6.35. The zero-order chi connectivity index (χ0) is 21.2. The van der Waals surface area contributed by atoms with E-state index in [9.17, 15) is 5.11 Å². The van der Waals surface area contributed by atoms with Crippen molar-refractivity contribution in [3.63, 3.8) is 0 Å². The summed E-state index contributed by atoms with van der Waals surface area (Å²) in [5, 5.41) is 21.8. The first-order valence-corrected chi connectivity index (χ1v) is 11.1. The van der Waals surface area contributed by atoms with Gasteiger partial charge in [-0.05, 0) is 44.2 Å². The maximum atomic E-state index is 11.0. The number of aliphatic hydroxyl groups excluding tert-OH is 1. The number of rotatable bonds is 7. The monoisotopic (exact) mass is 415 g/mol. The van der Waals surface area contributed by atoms with E-state index in [-0.39, 0.29) is 0 Å². The lowest BCUT2D eigenvalue weighted by Crippen LogP contribution is -2.42. The molecule has 31 heavy (non-hydrogen) atoms. The number of hydrogen-bond donors (Lipinski definition) is 1. The molecule has 0 bridgehead atoms. The Morgan fingerprint density at radius 1 is 1.03 bits per heavy atom. The van der Waals surface area contributed by atoms with Crippen LogP contribution in [0.25, 0.3) is 21.8 Å². The number of anilines is 1. The summed E-state index contributed by atoms with van der Waals surface area (Å²) >= 11 is 0. The summed E-state index contributed by atoms with van der Waals surface area (Å²) in [5.41, 5.74) is 2.35. The van der Waals surface area contributed by atoms with Crippen LogP contribution in [-0.4, -0.2) is 63.6 Å². The number of benzene rings is 2. The molecule has 4 aromatic rings. The van der Waals surface area contributed by atoms with Crippen LogP contribution in [0, 0.1) is 0 Å². The molecule has 3 heterocycles. The number of aliphatic hydroxyl groups is 1. The maximum absolute atomic E-state index is 11.0. The van der Waals surface area contributed by atoms with Gasteiger partial charge in [-0.15, -0.1) is 5.10 Å². The predicted octanol–water partition coefficient (Wildman–Crippen LogP) is 3.55. The molecule has 0 aliphatic carbocycles. The van der Waals surface area contributed by atoms with Crippen molar-refractivity contribution in [2.24, 2.45) is 0 Å². The highest BCUT2D eigenvalue weighted by Crippen LogP contribution is 2.29. The minimum atomic E-state index is -0.449. The van der Waals surface area contributed by atoms with E-state index in [1.807, 2.05) is 12.1 Å². The van der Waals surface area contributed by atoms with Gasteiger partial charge in [0.25, 0.3) is 0 Å². The number of para-hydroxylation sites is 2. The van der Waals surface area contributed by atoms with E-state index < -0.39 is 6.10 Å². The molecule has 2 aromatic carbocycles. The Kier molecular flexibility index (Phi) is 5.57. The number of nitrogens with zero attached hydrogens (tertiary/aromatic N) is 5. The molecule has 0 spiro atoms. The van der Waals surface area contributed by atoms with Gasteiger partial charge in [0, 0.05) is 53.7 Å². The van der Waals surface area contributed by atoms with Crippen LogP contribution in [-0.2, 0) is 6.54 Å². The Balaban J connectivity index is 1.28. The van der Waals surface area contributed by atoms with E-state index in [2.05, 4.69) is 80.1 Å². The maximum Gasteiger partial charge on any atom is 0.151 e. The molecule has 2 unspecified atom stereocenters. The van der Waals surface area contributed by atoms with Gasteiger partial charge in [0.2, 0.25) is 0 Å². The van der Waals surface area contributed by atoms with Gasteiger partial charge in [-0.1, -0.05) is 36.4 Å². The number of fused-ring (bicyclic) bond motifs is 3. The van der Waals surface area contributed by atoms with Gasteiger partial charge in [0.05, 0.1) is 12.6 Å². The van der Waals surface area contributed by atoms with Gasteiger partial charge in [-0.25, -0.2) is 0 Å². The smallest absolute Gasteiger partial charge is 0.151 e. The van der Waals surface area contributed by atoms with Crippen molar-refractivity contribution in [2.45, 2.75) is 31.5 Å². The third-order valence-electron chi connectivity index (χ3n) is 6.35. The van der Waals surface area contributed by atoms with Crippen LogP contribution in [0.15, 0.2) is 66.9 Å². The molecule has 160 valence electrons. The molecular formula is C25H29N5O. The molecular weight excluding hydrogens is 386 g/mol. The molecule has 6 nitrogen and oxygen atoms in total. The molecule has 5 rings (SSSR count). The molecule has 0 amide bonds. The van der Waals surface area contributed by atoms with E-state index >= 15 is 0 Å². The molecule has 1 fully saturated rings. The lowest BCUT2D eigenvalue weighted by molar-refractivity contribution is 0.109. The quantitative estimate of drug-likeness (QED) is 0.500. The van der Waals surface area contributed by atoms with Crippen molar-refractivity contribution in [1.82, 2.24) is 19.7 Å². The van der Waals surface area contributed by atoms with Crippen molar-refractivity contribution in [2.75, 3.05) is 31.6 Å². The molecule has 1 aliphatic rings. The summed E-state index contributed by atoms with van der Waals surface area (Å²) < 4.78 is 2.25. The highest BCUT2D eigenvalue weighted by molar-refractivity contribution is 6.07. The zero-order valence-electron chi connectivity index (χ0n) is 17.9. The number of aromatic nitrogens is 3. The van der Waals surface area contributed by atoms with Crippen LogP contribution in [0.3, 0.4) is 0 Å². The fraction of sp³-hybridized carbons (Fsp3) is 0.360. The molecule has 1 aliphatic heterocycles. The molecule has 2 atom stereocenters. The normalized spacial score (nSPS) is 17.8. The van der Waals surface area contributed by atoms with Crippen molar-refractivity contribution in [3.8, 4) is 0 Å². The van der Waals surface area contributed by atoms with Gasteiger partial charge >= 0.3 is 0 Å². The first-order chi connectivity index (χ1) is 15.2. The summed E-state index contributed by atoms with van der Waals surface area (Å²) in [6, 6.07) is 21.3. The largest absolute Gasteiger partial charge is 0.390 e. The minimum absolute atomic E-state index is 0.405. The summed E-state index contributed by atoms with van der Waals surface area (Å²) in [6.07, 6.45) is 3.57. The van der Waals surface area contributed by atoms with Gasteiger partial charge in [-0.3, -0.25) is 0 Å². The van der Waals surface area contributed by atoms with E-state index in [0.717, 1.165) is 25.3 Å². The van der Waals surface area contributed by atoms with E-state index in [0.29, 0.717) is 19.1 Å². The molecule has 1 saturated heterocycles. The second-order valence-corrected chi connectivity index (χ2v) is 8.59. The Morgan fingerprint density at radius 2 is 1.74 bits per heavy atom. The molecule has 6 heteroatoms. The topological polar surface area (TPSA) is 57.4 Å². The fourth-order valence-electron chi connectivity index (χ4n) is 5.04. The molecule has 0 radical (unpaired) electrons. The van der Waals surface area contributed by atoms with Crippen molar-refractivity contribution in [3.05, 3.63) is 66.9 Å². The van der Waals surface area contributed by atoms with Crippen LogP contribution in [0.4, 0.5) is 5.82 Å². The van der Waals surface area contributed by atoms with Gasteiger partial charge in [-0.2, -0.15) is 5.10 Å². The third kappa shape index (κ3) is 4.01. The van der Waals surface area contributed by atoms with E-state index in [1.54, 1.807) is 6.20 Å². The summed E-state index contributed by atoms with van der Waals surface area (Å²) in [6.45, 7) is 3.13. The second kappa shape index (κ2) is 8.65. The van der Waals surface area contributed by atoms with Crippen LogP contribution >= 0.6 is 0 Å². The first-order valence-electron chi connectivity index (χ1n) is 11.1. The van der Waals surface area contributed by atoms with Crippen molar-refractivity contribution < 1.29 is 5.11 Å². The number of hydrogen-bond acceptors (Lipinski definition) is 5. The average molecular weight is 416 g/mol. The average Bonchev–Trinajstić information content (AvgIpc) is 3.38. The first kappa shape index (κ1) is 20.0. The summed E-state index contributed by atoms with van der Waals surface area (Å²) in [5.74, 6) is 0.948. The second-order valence-electron chi connectivity index (χ2n) is 8.59. The highest BCUT2D eigenvalue weighted by Gasteiger charge is 2.27. The Hall–Kier alpha value is -2.96. The number of likely N-dealkylation sites (N-methyl/N-ethyl adjacent to an activating group) is 1. The van der Waals surface area contributed by atoms with Crippen molar-refractivity contribution in [1.29, 1.82) is 0 Å². The van der Waals surface area contributed by atoms with Gasteiger partial charge in [0.1, 0.15) is 0 Å². The molecule has 1 N–H and O–H groups in total. The Bertz CT molecular complexity index is 1110. The van der Waals surface area contributed by atoms with Crippen LogP contribution in [0.5, 0.6) is 0 Å². The van der Waals surface area contributed by atoms with Crippen molar-refractivity contribution >= 4 is 27.6 Å². The van der Waals surface area contributed by atoms with Crippen LogP contribution < -0.4 is 4.90 Å². The van der Waals surface area contributed by atoms with E-state index in [4.69, 9.17) is 0 Å². The zero-order valence-corrected chi connectivity index (χ0v) is 17.9. The van der Waals surface area contributed by atoms with Crippen LogP contribution in [0.2, 0.25) is 0 Å². The SMILES string of the molecule is CN(CC(O)Cn1c2ccccc2c2ccccc21)CC1CCCN1c1cccnn1. The fourth-order valence-corrected chi connectivity index (χ4v) is 5.04. The highest BCUT2D eigenvalue weighted by atomic mass is 16.3. The Morgan fingerprint density at radius 3 is 2.42 bits per heavy atom. The predicted molar refractivity (Wildman–Crippen MR) is 125 cm³/mol. The van der Waals surface area contributed by atoms with Gasteiger partial charge < -0.3 is 19.5 Å². The van der Waals surface area contributed by atoms with Gasteiger partial charge in [0.15, 0.2) is 5.82 Å². The standard InChI is InChI=1S/C25H29N5O/c1-28(16-19-8-7-15-29(19)25-13-6-14-26-27-25)17-20(31)18-30-23-11-4-2-9-21(23)22-10-3-5-12-24(22)30/h2-6,9-14,19-20,31H,7-8,15-18H2,1H3. The lowest BCUT2D eigenvalue weighted by Gasteiger charge is -2.30. The lowest BCUT2D eigenvalue weighted by atomic mass is 10.2. The van der Waals surface area contributed by atoms with Crippen LogP contribution in [0.1, 0.15) is 12.8 Å². The summed E-state index contributed by atoms with van der Waals surface area (Å²) in [4.78, 5) is 4.60.